The summed E-state index contributed by atoms with van der Waals surface area (Å²) in [4.78, 5) is 120. The molecule has 18 N–H and O–H groups in total. The molecule has 0 saturated carbocycles. The molecule has 0 rings (SSSR count). The molecule has 3 atom stereocenters. The lowest BCUT2D eigenvalue weighted by Gasteiger charge is -2.18. The number of aliphatic hydroxyl groups is 6. The van der Waals surface area contributed by atoms with Gasteiger partial charge in [0.15, 0.2) is 29.0 Å². The molecule has 3 unspecified atom stereocenters. The highest BCUT2D eigenvalue weighted by Gasteiger charge is 2.42. The van der Waals surface area contributed by atoms with Gasteiger partial charge in [-0.2, -0.15) is 0 Å². The molecular weight excluding hydrogens is 780 g/mol. The standard InChI is InChI=1S/3C6H8O7.C4H6O6.C3H6O3/c3*7-3(8)1-6(13,5(11)12)2-4(9)10;5-1(3(7)8)2(6)4(9)10;1-2(4)3(5)6/h3*13H,1-2H2,(H,7,8)(H,9,10)(H,11,12);1-2,5-6H,(H,7,8)(H,9,10);2,4H,1H3,(H,5,6). The summed E-state index contributed by atoms with van der Waals surface area (Å²) in [5.41, 5.74) is -8.22. The lowest BCUT2D eigenvalue weighted by molar-refractivity contribution is -0.170. The van der Waals surface area contributed by atoms with Crippen molar-refractivity contribution in [3.63, 3.8) is 0 Å². The van der Waals surface area contributed by atoms with Crippen LogP contribution in [0.5, 0.6) is 0 Å². The maximum Gasteiger partial charge on any atom is 0.336 e. The van der Waals surface area contributed by atoms with Crippen molar-refractivity contribution in [2.24, 2.45) is 0 Å². The number of hydrogen-bond acceptors (Lipinski definition) is 18. The van der Waals surface area contributed by atoms with E-state index in [0.29, 0.717) is 0 Å². The molecular formula is C25H36O30. The molecule has 316 valence electrons. The monoisotopic (exact) mass is 816 g/mol. The summed E-state index contributed by atoms with van der Waals surface area (Å²) in [6.45, 7) is 1.20. The molecule has 0 aromatic heterocycles. The van der Waals surface area contributed by atoms with Gasteiger partial charge in [-0.25, -0.2) is 28.8 Å². The van der Waals surface area contributed by atoms with Crippen LogP contribution in [0.15, 0.2) is 0 Å². The van der Waals surface area contributed by atoms with E-state index >= 15 is 0 Å². The van der Waals surface area contributed by atoms with E-state index < -0.39 is 145 Å². The maximum atomic E-state index is 10.3. The van der Waals surface area contributed by atoms with Crippen LogP contribution >= 0.6 is 0 Å². The third kappa shape index (κ3) is 29.7. The average molecular weight is 817 g/mol. The molecule has 0 aliphatic carbocycles. The molecule has 0 aliphatic heterocycles. The third-order valence-electron chi connectivity index (χ3n) is 5.02. The Labute approximate surface area is 302 Å². The Balaban J connectivity index is -0.000000193. The van der Waals surface area contributed by atoms with Crippen molar-refractivity contribution < 1.29 is 149 Å². The quantitative estimate of drug-likeness (QED) is 0.0576. The molecule has 0 amide bonds. The fraction of sp³-hybridized carbons (Fsp3) is 0.520. The number of hydrogen-bond donors (Lipinski definition) is 18. The molecule has 0 bridgehead atoms. The Morgan fingerprint density at radius 1 is 0.345 bits per heavy atom. The minimum Gasteiger partial charge on any atom is -0.481 e. The van der Waals surface area contributed by atoms with Crippen LogP contribution in [0.2, 0.25) is 0 Å². The van der Waals surface area contributed by atoms with Gasteiger partial charge in [-0.1, -0.05) is 0 Å². The lowest BCUT2D eigenvalue weighted by atomic mass is 9.96. The Hall–Kier alpha value is -6.60. The highest BCUT2D eigenvalue weighted by molar-refractivity contribution is 5.89. The third-order valence-corrected chi connectivity index (χ3v) is 5.02. The van der Waals surface area contributed by atoms with E-state index in [9.17, 15) is 57.5 Å². The lowest BCUT2D eigenvalue weighted by Crippen LogP contribution is -2.42. The molecule has 0 aromatic carbocycles. The molecule has 30 heteroatoms. The Kier molecular flexibility index (Phi) is 27.5. The van der Waals surface area contributed by atoms with E-state index in [1.807, 2.05) is 0 Å². The first-order valence-corrected chi connectivity index (χ1v) is 13.3. The summed E-state index contributed by atoms with van der Waals surface area (Å²) in [5, 5.41) is 150. The molecule has 0 saturated heterocycles. The van der Waals surface area contributed by atoms with E-state index in [1.54, 1.807) is 0 Å². The summed E-state index contributed by atoms with van der Waals surface area (Å²) < 4.78 is 0. The van der Waals surface area contributed by atoms with Gasteiger partial charge in [0, 0.05) is 0 Å². The van der Waals surface area contributed by atoms with Crippen molar-refractivity contribution >= 4 is 71.6 Å². The zero-order chi connectivity index (χ0) is 45.4. The molecule has 55 heavy (non-hydrogen) atoms. The molecule has 0 radical (unpaired) electrons. The first kappa shape index (κ1) is 57.7. The van der Waals surface area contributed by atoms with Crippen molar-refractivity contribution in [2.45, 2.75) is 80.6 Å². The van der Waals surface area contributed by atoms with Crippen LogP contribution in [-0.4, -0.2) is 199 Å². The van der Waals surface area contributed by atoms with Crippen LogP contribution in [0, 0.1) is 0 Å². The maximum absolute atomic E-state index is 10.3. The first-order valence-electron chi connectivity index (χ1n) is 13.3. The second-order valence-electron chi connectivity index (χ2n) is 10.0. The highest BCUT2D eigenvalue weighted by atomic mass is 16.5. The first-order chi connectivity index (χ1) is 24.4. The Morgan fingerprint density at radius 2 is 0.473 bits per heavy atom. The molecule has 0 aliphatic rings. The molecule has 30 nitrogen and oxygen atoms in total. The van der Waals surface area contributed by atoms with E-state index in [1.165, 1.54) is 6.92 Å². The van der Waals surface area contributed by atoms with Gasteiger partial charge in [-0.15, -0.1) is 0 Å². The van der Waals surface area contributed by atoms with E-state index in [2.05, 4.69) is 0 Å². The number of carboxylic acid groups (broad SMARTS) is 12. The number of carbonyl (C=O) groups is 12. The Morgan fingerprint density at radius 3 is 0.527 bits per heavy atom. The SMILES string of the molecule is CC(O)C(=O)O.O=C(O)C(O)C(O)C(=O)O.O=C(O)CC(O)(CC(=O)O)C(=O)O.O=C(O)CC(O)(CC(=O)O)C(=O)O.O=C(O)CC(O)(CC(=O)O)C(=O)O. The van der Waals surface area contributed by atoms with Gasteiger partial charge in [-0.05, 0) is 6.92 Å². The van der Waals surface area contributed by atoms with Gasteiger partial charge in [0.2, 0.25) is 0 Å². The van der Waals surface area contributed by atoms with Crippen molar-refractivity contribution in [1.82, 2.24) is 0 Å². The zero-order valence-electron chi connectivity index (χ0n) is 27.4. The van der Waals surface area contributed by atoms with Crippen molar-refractivity contribution in [3.05, 3.63) is 0 Å². The van der Waals surface area contributed by atoms with Crippen molar-refractivity contribution in [1.29, 1.82) is 0 Å². The highest BCUT2D eigenvalue weighted by Crippen LogP contribution is 2.17. The van der Waals surface area contributed by atoms with Gasteiger partial charge in [-0.3, -0.25) is 28.8 Å². The summed E-state index contributed by atoms with van der Waals surface area (Å²) in [5.74, 6) is -19.8. The average Bonchev–Trinajstić information content (AvgIpc) is 2.94. The molecule has 0 spiro atoms. The molecule has 0 aromatic rings. The predicted molar refractivity (Wildman–Crippen MR) is 158 cm³/mol. The van der Waals surface area contributed by atoms with Gasteiger partial charge in [0.1, 0.15) is 6.10 Å². The summed E-state index contributed by atoms with van der Waals surface area (Å²) >= 11 is 0. The van der Waals surface area contributed by atoms with E-state index in [-0.39, 0.29) is 0 Å². The second-order valence-corrected chi connectivity index (χ2v) is 10.0. The normalized spacial score (nSPS) is 12.1. The van der Waals surface area contributed by atoms with Crippen LogP contribution in [0.3, 0.4) is 0 Å². The molecule has 0 heterocycles. The van der Waals surface area contributed by atoms with Crippen molar-refractivity contribution in [2.75, 3.05) is 0 Å². The summed E-state index contributed by atoms with van der Waals surface area (Å²) in [6, 6.07) is 0. The van der Waals surface area contributed by atoms with Crippen LogP contribution in [0.25, 0.3) is 0 Å². The number of aliphatic carboxylic acids is 12. The molecule has 0 fully saturated rings. The fourth-order valence-corrected chi connectivity index (χ4v) is 2.41. The van der Waals surface area contributed by atoms with Crippen LogP contribution in [0.1, 0.15) is 45.4 Å². The zero-order valence-corrected chi connectivity index (χ0v) is 27.4. The topological polar surface area (TPSA) is 569 Å². The van der Waals surface area contributed by atoms with Crippen LogP contribution in [0.4, 0.5) is 0 Å². The minimum atomic E-state index is -2.74. The van der Waals surface area contributed by atoms with E-state index in [4.69, 9.17) is 91.9 Å². The summed E-state index contributed by atoms with van der Waals surface area (Å²) in [7, 11) is 0. The number of aliphatic hydroxyl groups excluding tert-OH is 3. The number of rotatable bonds is 19. The minimum absolute atomic E-state index is 1.14. The largest absolute Gasteiger partial charge is 0.481 e. The van der Waals surface area contributed by atoms with Gasteiger partial charge in [0.25, 0.3) is 0 Å². The van der Waals surface area contributed by atoms with Crippen LogP contribution in [-0.2, 0) is 57.5 Å². The Bertz CT molecular complexity index is 1220. The van der Waals surface area contributed by atoms with Crippen molar-refractivity contribution in [3.8, 4) is 0 Å². The van der Waals surface area contributed by atoms with Gasteiger partial charge >= 0.3 is 71.6 Å². The van der Waals surface area contributed by atoms with Crippen LogP contribution < -0.4 is 0 Å². The predicted octanol–water partition coefficient (Wildman–Crippen LogP) is -6.42. The van der Waals surface area contributed by atoms with Gasteiger partial charge < -0.3 is 91.9 Å². The summed E-state index contributed by atoms with van der Waals surface area (Å²) in [6.07, 6.45) is -12.6. The second kappa shape index (κ2) is 26.2. The van der Waals surface area contributed by atoms with Gasteiger partial charge in [0.05, 0.1) is 38.5 Å². The number of carboxylic acids is 12. The smallest absolute Gasteiger partial charge is 0.336 e. The fourth-order valence-electron chi connectivity index (χ4n) is 2.41. The van der Waals surface area contributed by atoms with E-state index in [0.717, 1.165) is 0 Å².